The van der Waals surface area contributed by atoms with E-state index in [-0.39, 0.29) is 5.91 Å². The fourth-order valence-corrected chi connectivity index (χ4v) is 4.55. The number of rotatable bonds is 3. The molecule has 4 fully saturated rings. The Bertz CT molecular complexity index is 262. The smallest absolute Gasteiger partial charge is 0.221 e. The van der Waals surface area contributed by atoms with Crippen LogP contribution in [0.1, 0.15) is 38.5 Å². The monoisotopic (exact) mass is 222 g/mol. The molecule has 0 aromatic rings. The minimum absolute atomic E-state index is 0.167. The van der Waals surface area contributed by atoms with Gasteiger partial charge < -0.3 is 11.1 Å². The van der Waals surface area contributed by atoms with E-state index in [1.165, 1.54) is 32.1 Å². The Morgan fingerprint density at radius 2 is 1.62 bits per heavy atom. The summed E-state index contributed by atoms with van der Waals surface area (Å²) in [4.78, 5) is 11.6. The molecule has 4 bridgehead atoms. The van der Waals surface area contributed by atoms with Gasteiger partial charge in [-0.3, -0.25) is 4.79 Å². The van der Waals surface area contributed by atoms with Gasteiger partial charge in [-0.1, -0.05) is 0 Å². The highest BCUT2D eigenvalue weighted by Crippen LogP contribution is 2.53. The van der Waals surface area contributed by atoms with Crippen LogP contribution in [-0.4, -0.2) is 18.5 Å². The van der Waals surface area contributed by atoms with Gasteiger partial charge >= 0.3 is 0 Å². The molecule has 3 N–H and O–H groups in total. The molecule has 0 spiro atoms. The van der Waals surface area contributed by atoms with Gasteiger partial charge in [0, 0.05) is 19.0 Å². The van der Waals surface area contributed by atoms with Gasteiger partial charge in [0.1, 0.15) is 0 Å². The molecule has 0 unspecified atom stereocenters. The summed E-state index contributed by atoms with van der Waals surface area (Å²) >= 11 is 0. The van der Waals surface area contributed by atoms with Gasteiger partial charge in [-0.05, 0) is 55.8 Å². The third-order valence-electron chi connectivity index (χ3n) is 4.93. The maximum Gasteiger partial charge on any atom is 0.221 e. The summed E-state index contributed by atoms with van der Waals surface area (Å²) < 4.78 is 0. The van der Waals surface area contributed by atoms with Crippen molar-refractivity contribution >= 4 is 5.91 Å². The van der Waals surface area contributed by atoms with E-state index in [9.17, 15) is 4.79 Å². The third kappa shape index (κ3) is 1.75. The van der Waals surface area contributed by atoms with Gasteiger partial charge in [0.25, 0.3) is 0 Å². The zero-order valence-electron chi connectivity index (χ0n) is 9.82. The Morgan fingerprint density at radius 1 is 1.06 bits per heavy atom. The van der Waals surface area contributed by atoms with Crippen LogP contribution in [-0.2, 0) is 4.79 Å². The van der Waals surface area contributed by atoms with Crippen LogP contribution in [0.2, 0.25) is 0 Å². The first-order valence-electron chi connectivity index (χ1n) is 6.75. The second-order valence-electron chi connectivity index (χ2n) is 6.06. The molecular formula is C13H22N2O. The lowest BCUT2D eigenvalue weighted by Gasteiger charge is -2.54. The molecule has 1 amide bonds. The van der Waals surface area contributed by atoms with Crippen LogP contribution in [0, 0.1) is 23.7 Å². The van der Waals surface area contributed by atoms with Crippen molar-refractivity contribution in [1.29, 1.82) is 0 Å². The molecule has 0 saturated heterocycles. The highest BCUT2D eigenvalue weighted by atomic mass is 16.1. The second-order valence-corrected chi connectivity index (χ2v) is 6.06. The molecular weight excluding hydrogens is 200 g/mol. The predicted octanol–water partition coefficient (Wildman–Crippen LogP) is 1.28. The van der Waals surface area contributed by atoms with E-state index in [1.807, 2.05) is 0 Å². The Kier molecular flexibility index (Phi) is 2.66. The highest BCUT2D eigenvalue weighted by molar-refractivity contribution is 5.76. The van der Waals surface area contributed by atoms with Crippen molar-refractivity contribution in [1.82, 2.24) is 5.32 Å². The molecule has 4 saturated carbocycles. The van der Waals surface area contributed by atoms with Crippen LogP contribution in [0.15, 0.2) is 0 Å². The molecule has 90 valence electrons. The average Bonchev–Trinajstić information content (AvgIpc) is 2.23. The first kappa shape index (κ1) is 10.6. The third-order valence-corrected chi connectivity index (χ3v) is 4.93. The molecule has 0 radical (unpaired) electrons. The van der Waals surface area contributed by atoms with Crippen molar-refractivity contribution in [3.63, 3.8) is 0 Å². The quantitative estimate of drug-likeness (QED) is 0.755. The Labute approximate surface area is 97.2 Å². The van der Waals surface area contributed by atoms with Crippen molar-refractivity contribution in [2.24, 2.45) is 29.4 Å². The topological polar surface area (TPSA) is 55.1 Å². The summed E-state index contributed by atoms with van der Waals surface area (Å²) in [5.41, 5.74) is 5.42. The summed E-state index contributed by atoms with van der Waals surface area (Å²) in [6, 6.07) is 0.479. The Hall–Kier alpha value is -0.570. The number of hydrogen-bond acceptors (Lipinski definition) is 2. The minimum Gasteiger partial charge on any atom is -0.353 e. The lowest BCUT2D eigenvalue weighted by Crippen LogP contribution is -2.55. The van der Waals surface area contributed by atoms with Gasteiger partial charge in [0.05, 0.1) is 0 Å². The van der Waals surface area contributed by atoms with Crippen LogP contribution in [0.25, 0.3) is 0 Å². The first-order valence-corrected chi connectivity index (χ1v) is 6.75. The number of amides is 1. The van der Waals surface area contributed by atoms with Crippen LogP contribution < -0.4 is 11.1 Å². The molecule has 0 atom stereocenters. The zero-order valence-corrected chi connectivity index (χ0v) is 9.82. The molecule has 3 nitrogen and oxygen atoms in total. The molecule has 0 aromatic heterocycles. The molecule has 0 aromatic carbocycles. The van der Waals surface area contributed by atoms with E-state index in [1.54, 1.807) is 0 Å². The van der Waals surface area contributed by atoms with E-state index in [4.69, 9.17) is 5.73 Å². The maximum absolute atomic E-state index is 11.6. The fourth-order valence-electron chi connectivity index (χ4n) is 4.55. The lowest BCUT2D eigenvalue weighted by molar-refractivity contribution is -0.124. The number of carbonyl (C=O) groups excluding carboxylic acids is 1. The Morgan fingerprint density at radius 3 is 2.12 bits per heavy atom. The summed E-state index contributed by atoms with van der Waals surface area (Å²) in [6.45, 7) is 0.471. The number of nitrogens with one attached hydrogen (secondary N) is 1. The summed E-state index contributed by atoms with van der Waals surface area (Å²) in [7, 11) is 0. The van der Waals surface area contributed by atoms with E-state index in [0.29, 0.717) is 19.0 Å². The van der Waals surface area contributed by atoms with E-state index in [0.717, 1.165) is 23.7 Å². The van der Waals surface area contributed by atoms with Gasteiger partial charge in [-0.15, -0.1) is 0 Å². The SMILES string of the molecule is NCCC(=O)NC1C2CC3CC(C2)CC1C3. The van der Waals surface area contributed by atoms with Crippen molar-refractivity contribution < 1.29 is 4.79 Å². The van der Waals surface area contributed by atoms with E-state index in [2.05, 4.69) is 5.32 Å². The van der Waals surface area contributed by atoms with Crippen LogP contribution >= 0.6 is 0 Å². The largest absolute Gasteiger partial charge is 0.353 e. The average molecular weight is 222 g/mol. The van der Waals surface area contributed by atoms with Gasteiger partial charge in [0.15, 0.2) is 0 Å². The van der Waals surface area contributed by atoms with Crippen LogP contribution in [0.5, 0.6) is 0 Å². The summed E-state index contributed by atoms with van der Waals surface area (Å²) in [6.07, 6.45) is 7.40. The number of carbonyl (C=O) groups is 1. The van der Waals surface area contributed by atoms with Crippen molar-refractivity contribution in [2.45, 2.75) is 44.6 Å². The maximum atomic E-state index is 11.6. The normalized spacial score (nSPS) is 44.7. The number of hydrogen-bond donors (Lipinski definition) is 2. The molecule has 0 heterocycles. The predicted molar refractivity (Wildman–Crippen MR) is 62.6 cm³/mol. The fraction of sp³-hybridized carbons (Fsp3) is 0.923. The van der Waals surface area contributed by atoms with Crippen molar-refractivity contribution in [2.75, 3.05) is 6.54 Å². The molecule has 0 aliphatic heterocycles. The first-order chi connectivity index (χ1) is 7.76. The molecule has 4 aliphatic rings. The van der Waals surface area contributed by atoms with Crippen LogP contribution in [0.3, 0.4) is 0 Å². The highest BCUT2D eigenvalue weighted by Gasteiger charge is 2.48. The van der Waals surface area contributed by atoms with Crippen LogP contribution in [0.4, 0.5) is 0 Å². The zero-order chi connectivity index (χ0) is 11.1. The second kappa shape index (κ2) is 4.02. The minimum atomic E-state index is 0.167. The van der Waals surface area contributed by atoms with Crippen molar-refractivity contribution in [3.05, 3.63) is 0 Å². The van der Waals surface area contributed by atoms with Gasteiger partial charge in [-0.2, -0.15) is 0 Å². The molecule has 4 aliphatic carbocycles. The van der Waals surface area contributed by atoms with Gasteiger partial charge in [0.2, 0.25) is 5.91 Å². The van der Waals surface area contributed by atoms with Crippen molar-refractivity contribution in [3.8, 4) is 0 Å². The lowest BCUT2D eigenvalue weighted by atomic mass is 9.54. The standard InChI is InChI=1S/C13H22N2O/c14-2-1-12(16)15-13-10-4-8-3-9(6-10)7-11(13)5-8/h8-11,13H,1-7,14H2,(H,15,16). The molecule has 3 heteroatoms. The number of nitrogens with two attached hydrogens (primary N) is 1. The van der Waals surface area contributed by atoms with E-state index < -0.39 is 0 Å². The van der Waals surface area contributed by atoms with E-state index >= 15 is 0 Å². The summed E-state index contributed by atoms with van der Waals surface area (Å²) in [5.74, 6) is 3.67. The summed E-state index contributed by atoms with van der Waals surface area (Å²) in [5, 5.41) is 3.24. The molecule has 16 heavy (non-hydrogen) atoms. The van der Waals surface area contributed by atoms with Gasteiger partial charge in [-0.25, -0.2) is 0 Å². The molecule has 4 rings (SSSR count). The Balaban J connectivity index is 1.65.